The summed E-state index contributed by atoms with van der Waals surface area (Å²) in [5.41, 5.74) is 0.724. The van der Waals surface area contributed by atoms with E-state index in [4.69, 9.17) is 21.6 Å². The Morgan fingerprint density at radius 2 is 1.83 bits per heavy atom. The van der Waals surface area contributed by atoms with E-state index in [0.29, 0.717) is 18.0 Å². The Morgan fingerprint density at radius 3 is 2.38 bits per heavy atom. The van der Waals surface area contributed by atoms with Crippen molar-refractivity contribution in [1.29, 1.82) is 5.26 Å². The second-order valence-corrected chi connectivity index (χ2v) is 8.75. The monoisotopic (exact) mass is 435 g/mol. The van der Waals surface area contributed by atoms with E-state index in [1.807, 2.05) is 13.0 Å². The van der Waals surface area contributed by atoms with Gasteiger partial charge in [0.1, 0.15) is 10.6 Å². The van der Waals surface area contributed by atoms with Gasteiger partial charge in [-0.05, 0) is 49.4 Å². The molecular formula is C20H22ClN3O4S. The number of hydrogen-bond donors (Lipinski definition) is 0. The molecule has 2 aromatic carbocycles. The minimum absolute atomic E-state index is 0.0277. The molecule has 0 atom stereocenters. The summed E-state index contributed by atoms with van der Waals surface area (Å²) in [7, 11) is -1.04. The molecule has 29 heavy (non-hydrogen) atoms. The van der Waals surface area contributed by atoms with Crippen LogP contribution in [0.15, 0.2) is 47.4 Å². The normalized spacial score (nSPS) is 11.2. The van der Waals surface area contributed by atoms with Crippen LogP contribution in [0.5, 0.6) is 5.75 Å². The molecule has 0 saturated carbocycles. The molecule has 0 fully saturated rings. The topological polar surface area (TPSA) is 90.7 Å². The van der Waals surface area contributed by atoms with Gasteiger partial charge in [-0.2, -0.15) is 5.26 Å². The number of nitrogens with zero attached hydrogens (tertiary/aromatic N) is 3. The standard InChI is InChI=1S/C20H22ClN3O4S/c1-4-28-17-9-7-16(8-10-17)24(13-5-12-22)20(25)15-6-11-18(21)19(14-15)29(26,27)23(2)3/h6-11,14H,4-5,13H2,1-3H3. The average Bonchev–Trinajstić information content (AvgIpc) is 2.69. The quantitative estimate of drug-likeness (QED) is 0.632. The number of hydrogen-bond acceptors (Lipinski definition) is 5. The molecule has 0 spiro atoms. The smallest absolute Gasteiger partial charge is 0.258 e. The van der Waals surface area contributed by atoms with Gasteiger partial charge < -0.3 is 9.64 Å². The molecule has 0 N–H and O–H groups in total. The summed E-state index contributed by atoms with van der Waals surface area (Å²) in [6.07, 6.45) is 0.120. The summed E-state index contributed by atoms with van der Waals surface area (Å²) >= 11 is 6.07. The fraction of sp³-hybridized carbons (Fsp3) is 0.300. The molecule has 0 aromatic heterocycles. The number of nitriles is 1. The first-order chi connectivity index (χ1) is 13.7. The highest BCUT2D eigenvalue weighted by atomic mass is 35.5. The van der Waals surface area contributed by atoms with Crippen LogP contribution in [0.25, 0.3) is 0 Å². The Bertz CT molecular complexity index is 1020. The molecule has 9 heteroatoms. The van der Waals surface area contributed by atoms with Crippen LogP contribution in [0, 0.1) is 11.3 Å². The van der Waals surface area contributed by atoms with Gasteiger partial charge in [0.05, 0.1) is 24.1 Å². The van der Waals surface area contributed by atoms with Crippen molar-refractivity contribution in [3.05, 3.63) is 53.1 Å². The first kappa shape index (κ1) is 22.7. The van der Waals surface area contributed by atoms with E-state index in [2.05, 4.69) is 0 Å². The number of anilines is 1. The highest BCUT2D eigenvalue weighted by Crippen LogP contribution is 2.27. The lowest BCUT2D eigenvalue weighted by Gasteiger charge is -2.23. The predicted molar refractivity (Wildman–Crippen MR) is 112 cm³/mol. The summed E-state index contributed by atoms with van der Waals surface area (Å²) in [5.74, 6) is 0.228. The first-order valence-corrected chi connectivity index (χ1v) is 10.7. The van der Waals surface area contributed by atoms with Crippen LogP contribution in [0.4, 0.5) is 5.69 Å². The number of sulfonamides is 1. The molecule has 0 saturated heterocycles. The lowest BCUT2D eigenvalue weighted by Crippen LogP contribution is -2.32. The predicted octanol–water partition coefficient (Wildman–Crippen LogP) is 3.55. The second kappa shape index (κ2) is 9.74. The third-order valence-corrected chi connectivity index (χ3v) is 6.39. The number of carbonyl (C=O) groups is 1. The number of halogens is 1. The average molecular weight is 436 g/mol. The molecular weight excluding hydrogens is 414 g/mol. The maximum atomic E-state index is 13.2. The minimum atomic E-state index is -3.82. The fourth-order valence-electron chi connectivity index (χ4n) is 2.59. The summed E-state index contributed by atoms with van der Waals surface area (Å²) in [6, 6.07) is 13.0. The maximum Gasteiger partial charge on any atom is 0.258 e. The number of ether oxygens (including phenoxy) is 1. The molecule has 0 unspecified atom stereocenters. The number of amides is 1. The van der Waals surface area contributed by atoms with Crippen molar-refractivity contribution in [2.24, 2.45) is 0 Å². The molecule has 0 bridgehead atoms. The van der Waals surface area contributed by atoms with Crippen molar-refractivity contribution in [3.8, 4) is 11.8 Å². The summed E-state index contributed by atoms with van der Waals surface area (Å²) in [5, 5.41) is 8.99. The van der Waals surface area contributed by atoms with Gasteiger partial charge in [0, 0.05) is 31.9 Å². The van der Waals surface area contributed by atoms with Crippen molar-refractivity contribution in [2.75, 3.05) is 32.1 Å². The third kappa shape index (κ3) is 5.26. The summed E-state index contributed by atoms with van der Waals surface area (Å²) in [4.78, 5) is 14.4. The molecule has 2 aromatic rings. The molecule has 1 amide bonds. The van der Waals surface area contributed by atoms with E-state index in [1.165, 1.54) is 37.2 Å². The number of benzene rings is 2. The zero-order valence-electron chi connectivity index (χ0n) is 16.4. The van der Waals surface area contributed by atoms with E-state index < -0.39 is 15.9 Å². The fourth-order valence-corrected chi connectivity index (χ4v) is 3.98. The van der Waals surface area contributed by atoms with Crippen LogP contribution in [0.1, 0.15) is 23.7 Å². The third-order valence-electron chi connectivity index (χ3n) is 4.09. The van der Waals surface area contributed by atoms with E-state index in [1.54, 1.807) is 24.3 Å². The van der Waals surface area contributed by atoms with Crippen molar-refractivity contribution in [1.82, 2.24) is 4.31 Å². The van der Waals surface area contributed by atoms with Crippen molar-refractivity contribution in [3.63, 3.8) is 0 Å². The summed E-state index contributed by atoms with van der Waals surface area (Å²) in [6.45, 7) is 2.54. The van der Waals surface area contributed by atoms with E-state index in [-0.39, 0.29) is 28.4 Å². The molecule has 7 nitrogen and oxygen atoms in total. The number of carbonyl (C=O) groups excluding carboxylic acids is 1. The zero-order valence-corrected chi connectivity index (χ0v) is 18.0. The highest BCUT2D eigenvalue weighted by molar-refractivity contribution is 7.89. The van der Waals surface area contributed by atoms with E-state index >= 15 is 0 Å². The van der Waals surface area contributed by atoms with Crippen LogP contribution < -0.4 is 9.64 Å². The van der Waals surface area contributed by atoms with Gasteiger partial charge in [0.2, 0.25) is 10.0 Å². The van der Waals surface area contributed by atoms with Crippen molar-refractivity contribution < 1.29 is 17.9 Å². The minimum Gasteiger partial charge on any atom is -0.494 e. The molecule has 154 valence electrons. The molecule has 0 aliphatic heterocycles. The second-order valence-electron chi connectivity index (χ2n) is 6.22. The Kier molecular flexibility index (Phi) is 7.62. The van der Waals surface area contributed by atoms with Crippen LogP contribution in [-0.4, -0.2) is 45.9 Å². The Balaban J connectivity index is 2.45. The van der Waals surface area contributed by atoms with Gasteiger partial charge in [-0.1, -0.05) is 11.6 Å². The van der Waals surface area contributed by atoms with Gasteiger partial charge in [0.25, 0.3) is 5.91 Å². The summed E-state index contributed by atoms with van der Waals surface area (Å²) < 4.78 is 31.4. The molecule has 0 heterocycles. The molecule has 0 radical (unpaired) electrons. The van der Waals surface area contributed by atoms with Gasteiger partial charge in [-0.25, -0.2) is 12.7 Å². The van der Waals surface area contributed by atoms with Gasteiger partial charge in [0.15, 0.2) is 0 Å². The highest BCUT2D eigenvalue weighted by Gasteiger charge is 2.24. The molecule has 0 aliphatic carbocycles. The van der Waals surface area contributed by atoms with Gasteiger partial charge in [-0.3, -0.25) is 4.79 Å². The lowest BCUT2D eigenvalue weighted by molar-refractivity contribution is 0.0987. The lowest BCUT2D eigenvalue weighted by atomic mass is 10.1. The largest absolute Gasteiger partial charge is 0.494 e. The molecule has 2 rings (SSSR count). The molecule has 0 aliphatic rings. The van der Waals surface area contributed by atoms with Gasteiger partial charge >= 0.3 is 0 Å². The Labute approximate surface area is 176 Å². The van der Waals surface area contributed by atoms with Crippen LogP contribution in [-0.2, 0) is 10.0 Å². The van der Waals surface area contributed by atoms with Crippen LogP contribution in [0.2, 0.25) is 5.02 Å². The van der Waals surface area contributed by atoms with Crippen LogP contribution >= 0.6 is 11.6 Å². The van der Waals surface area contributed by atoms with Gasteiger partial charge in [-0.15, -0.1) is 0 Å². The Hall–Kier alpha value is -2.60. The van der Waals surface area contributed by atoms with Crippen molar-refractivity contribution in [2.45, 2.75) is 18.2 Å². The maximum absolute atomic E-state index is 13.2. The van der Waals surface area contributed by atoms with Crippen LogP contribution in [0.3, 0.4) is 0 Å². The SMILES string of the molecule is CCOc1ccc(N(CCC#N)C(=O)c2ccc(Cl)c(S(=O)(=O)N(C)C)c2)cc1. The van der Waals surface area contributed by atoms with E-state index in [0.717, 1.165) is 4.31 Å². The number of rotatable bonds is 8. The van der Waals surface area contributed by atoms with E-state index in [9.17, 15) is 13.2 Å². The zero-order chi connectivity index (χ0) is 21.6. The van der Waals surface area contributed by atoms with Crippen molar-refractivity contribution >= 4 is 33.2 Å². The first-order valence-electron chi connectivity index (χ1n) is 8.86. The Morgan fingerprint density at radius 1 is 1.17 bits per heavy atom.